The number of carbonyl (C=O) groups is 1. The van der Waals surface area contributed by atoms with E-state index in [1.54, 1.807) is 23.6 Å². The van der Waals surface area contributed by atoms with Crippen LogP contribution in [0.25, 0.3) is 10.2 Å². The van der Waals surface area contributed by atoms with Gasteiger partial charge in [0, 0.05) is 18.7 Å². The van der Waals surface area contributed by atoms with E-state index in [-0.39, 0.29) is 30.7 Å². The van der Waals surface area contributed by atoms with Gasteiger partial charge in [-0.2, -0.15) is 0 Å². The summed E-state index contributed by atoms with van der Waals surface area (Å²) in [5, 5.41) is 4.48. The highest BCUT2D eigenvalue weighted by Gasteiger charge is 2.19. The topological polar surface area (TPSA) is 82.3 Å². The van der Waals surface area contributed by atoms with E-state index in [2.05, 4.69) is 5.32 Å². The molecule has 1 N–H and O–H groups in total. The van der Waals surface area contributed by atoms with Crippen LogP contribution in [0.1, 0.15) is 18.4 Å². The first-order chi connectivity index (χ1) is 14.0. The average molecular weight is 417 g/mol. The third kappa shape index (κ3) is 4.01. The molecule has 1 saturated heterocycles. The third-order valence-electron chi connectivity index (χ3n) is 4.98. The Morgan fingerprint density at radius 2 is 2.07 bits per heavy atom. The van der Waals surface area contributed by atoms with Crippen molar-refractivity contribution in [1.82, 2.24) is 14.5 Å². The van der Waals surface area contributed by atoms with Gasteiger partial charge in [0.1, 0.15) is 17.1 Å². The first-order valence-corrected chi connectivity index (χ1v) is 10.2. The standard InChI is InChI=1S/C20H20FN3O4S/c21-15-6-2-1-4-13(15)11-24-19(26)18-16(7-9-29-18)23(20(24)27)12-17(25)22-10-14-5-3-8-28-14/h1-2,4,6-7,9,14H,3,5,8,10-12H2,(H,22,25). The zero-order chi connectivity index (χ0) is 20.4. The van der Waals surface area contributed by atoms with Crippen molar-refractivity contribution in [1.29, 1.82) is 0 Å². The molecule has 0 radical (unpaired) electrons. The van der Waals surface area contributed by atoms with E-state index in [0.717, 1.165) is 17.4 Å². The van der Waals surface area contributed by atoms with Gasteiger partial charge >= 0.3 is 5.69 Å². The van der Waals surface area contributed by atoms with Gasteiger partial charge < -0.3 is 10.1 Å². The minimum absolute atomic E-state index is 0.00755. The van der Waals surface area contributed by atoms with Gasteiger partial charge in [0.15, 0.2) is 0 Å². The summed E-state index contributed by atoms with van der Waals surface area (Å²) in [5.74, 6) is -0.836. The SMILES string of the molecule is O=C(Cn1c(=O)n(Cc2ccccc2F)c(=O)c2sccc21)NCC1CCCO1. The van der Waals surface area contributed by atoms with Crippen LogP contribution in [0.15, 0.2) is 45.3 Å². The Bertz CT molecular complexity index is 1160. The number of aromatic nitrogens is 2. The van der Waals surface area contributed by atoms with Crippen LogP contribution in [-0.4, -0.2) is 34.3 Å². The molecule has 1 amide bonds. The molecule has 0 saturated carbocycles. The maximum Gasteiger partial charge on any atom is 0.332 e. The lowest BCUT2D eigenvalue weighted by Crippen LogP contribution is -2.43. The van der Waals surface area contributed by atoms with Gasteiger partial charge in [-0.05, 0) is 30.4 Å². The summed E-state index contributed by atoms with van der Waals surface area (Å²) < 4.78 is 22.1. The van der Waals surface area contributed by atoms with E-state index in [9.17, 15) is 18.8 Å². The largest absolute Gasteiger partial charge is 0.376 e. The van der Waals surface area contributed by atoms with Crippen molar-refractivity contribution in [2.24, 2.45) is 0 Å². The van der Waals surface area contributed by atoms with Gasteiger partial charge in [-0.3, -0.25) is 18.7 Å². The molecule has 1 aliphatic heterocycles. The molecule has 1 aliphatic rings. The molecule has 152 valence electrons. The number of carbonyl (C=O) groups excluding carboxylic acids is 1. The number of thiophene rings is 1. The molecule has 0 spiro atoms. The summed E-state index contributed by atoms with van der Waals surface area (Å²) in [4.78, 5) is 38.2. The van der Waals surface area contributed by atoms with Crippen LogP contribution in [0.5, 0.6) is 0 Å². The molecule has 1 unspecified atom stereocenters. The maximum absolute atomic E-state index is 14.1. The van der Waals surface area contributed by atoms with Gasteiger partial charge in [-0.25, -0.2) is 9.18 Å². The normalized spacial score (nSPS) is 16.4. The van der Waals surface area contributed by atoms with E-state index in [0.29, 0.717) is 23.4 Å². The molecule has 1 fully saturated rings. The fraction of sp³-hybridized carbons (Fsp3) is 0.350. The van der Waals surface area contributed by atoms with Crippen molar-refractivity contribution in [2.75, 3.05) is 13.2 Å². The molecule has 3 heterocycles. The lowest BCUT2D eigenvalue weighted by molar-refractivity contribution is -0.122. The first kappa shape index (κ1) is 19.5. The smallest absolute Gasteiger partial charge is 0.332 e. The Labute approximate surface area is 169 Å². The van der Waals surface area contributed by atoms with E-state index in [1.807, 2.05) is 0 Å². The lowest BCUT2D eigenvalue weighted by Gasteiger charge is -2.14. The number of hydrogen-bond acceptors (Lipinski definition) is 5. The van der Waals surface area contributed by atoms with Crippen LogP contribution in [-0.2, 0) is 22.6 Å². The second-order valence-electron chi connectivity index (χ2n) is 6.93. The first-order valence-electron chi connectivity index (χ1n) is 9.37. The summed E-state index contributed by atoms with van der Waals surface area (Å²) in [6.07, 6.45) is 1.85. The summed E-state index contributed by atoms with van der Waals surface area (Å²) in [5.41, 5.74) is -0.491. The average Bonchev–Trinajstić information content (AvgIpc) is 3.40. The van der Waals surface area contributed by atoms with Crippen LogP contribution in [0.3, 0.4) is 0 Å². The Hall–Kier alpha value is -2.78. The lowest BCUT2D eigenvalue weighted by atomic mass is 10.2. The molecule has 0 bridgehead atoms. The number of benzene rings is 1. The third-order valence-corrected chi connectivity index (χ3v) is 5.87. The van der Waals surface area contributed by atoms with Crippen LogP contribution in [0, 0.1) is 5.82 Å². The number of ether oxygens (including phenoxy) is 1. The minimum Gasteiger partial charge on any atom is -0.376 e. The van der Waals surface area contributed by atoms with Gasteiger partial charge in [-0.15, -0.1) is 11.3 Å². The predicted molar refractivity (Wildman–Crippen MR) is 108 cm³/mol. The van der Waals surface area contributed by atoms with E-state index >= 15 is 0 Å². The molecule has 1 atom stereocenters. The molecule has 9 heteroatoms. The molecular formula is C20H20FN3O4S. The zero-order valence-corrected chi connectivity index (χ0v) is 16.4. The summed E-state index contributed by atoms with van der Waals surface area (Å²) >= 11 is 1.19. The number of amides is 1. The van der Waals surface area contributed by atoms with Crippen molar-refractivity contribution in [3.05, 3.63) is 67.9 Å². The Morgan fingerprint density at radius 1 is 1.24 bits per heavy atom. The monoisotopic (exact) mass is 417 g/mol. The highest BCUT2D eigenvalue weighted by molar-refractivity contribution is 7.17. The van der Waals surface area contributed by atoms with Crippen molar-refractivity contribution >= 4 is 27.5 Å². The molecule has 1 aromatic carbocycles. The molecule has 0 aliphatic carbocycles. The van der Waals surface area contributed by atoms with Crippen LogP contribution in [0.2, 0.25) is 0 Å². The van der Waals surface area contributed by atoms with E-state index < -0.39 is 17.1 Å². The van der Waals surface area contributed by atoms with Crippen molar-refractivity contribution in [2.45, 2.75) is 32.0 Å². The zero-order valence-electron chi connectivity index (χ0n) is 15.6. The fourth-order valence-electron chi connectivity index (χ4n) is 3.45. The molecule has 2 aromatic heterocycles. The summed E-state index contributed by atoms with van der Waals surface area (Å²) in [6.45, 7) is 0.651. The molecule has 7 nitrogen and oxygen atoms in total. The Balaban J connectivity index is 1.65. The number of hydrogen-bond donors (Lipinski definition) is 1. The van der Waals surface area contributed by atoms with Gasteiger partial charge in [0.2, 0.25) is 5.91 Å². The van der Waals surface area contributed by atoms with E-state index in [4.69, 9.17) is 4.74 Å². The molecule has 29 heavy (non-hydrogen) atoms. The van der Waals surface area contributed by atoms with Crippen LogP contribution < -0.4 is 16.6 Å². The predicted octanol–water partition coefficient (Wildman–Crippen LogP) is 1.71. The second kappa shape index (κ2) is 8.30. The fourth-order valence-corrected chi connectivity index (χ4v) is 4.30. The molecule has 4 rings (SSSR count). The van der Waals surface area contributed by atoms with Gasteiger partial charge in [0.25, 0.3) is 5.56 Å². The number of halogens is 1. The van der Waals surface area contributed by atoms with Crippen molar-refractivity contribution in [3.63, 3.8) is 0 Å². The van der Waals surface area contributed by atoms with Crippen molar-refractivity contribution < 1.29 is 13.9 Å². The maximum atomic E-state index is 14.1. The number of nitrogens with one attached hydrogen (secondary N) is 1. The summed E-state index contributed by atoms with van der Waals surface area (Å²) in [6, 6.07) is 7.63. The Kier molecular flexibility index (Phi) is 5.59. The highest BCUT2D eigenvalue weighted by atomic mass is 32.1. The van der Waals surface area contributed by atoms with Crippen LogP contribution in [0.4, 0.5) is 4.39 Å². The molecular weight excluding hydrogens is 397 g/mol. The highest BCUT2D eigenvalue weighted by Crippen LogP contribution is 2.16. The summed E-state index contributed by atoms with van der Waals surface area (Å²) in [7, 11) is 0. The van der Waals surface area contributed by atoms with Gasteiger partial charge in [0.05, 0.1) is 18.2 Å². The van der Waals surface area contributed by atoms with Crippen molar-refractivity contribution in [3.8, 4) is 0 Å². The Morgan fingerprint density at radius 3 is 2.83 bits per heavy atom. The molecule has 3 aromatic rings. The number of fused-ring (bicyclic) bond motifs is 1. The quantitative estimate of drug-likeness (QED) is 0.662. The van der Waals surface area contributed by atoms with Crippen LogP contribution >= 0.6 is 11.3 Å². The van der Waals surface area contributed by atoms with E-state index in [1.165, 1.54) is 28.0 Å². The van der Waals surface area contributed by atoms with Gasteiger partial charge in [-0.1, -0.05) is 18.2 Å². The second-order valence-corrected chi connectivity index (χ2v) is 7.84. The minimum atomic E-state index is -0.642. The number of rotatable bonds is 6. The number of nitrogens with zero attached hydrogens (tertiary/aromatic N) is 2.